The van der Waals surface area contributed by atoms with Crippen LogP contribution in [0.2, 0.25) is 0 Å². The molecule has 16 heavy (non-hydrogen) atoms. The number of urea groups is 1. The number of rotatable bonds is 3. The van der Waals surface area contributed by atoms with Crippen LogP contribution >= 0.6 is 0 Å². The third-order valence-corrected chi connectivity index (χ3v) is 3.44. The van der Waals surface area contributed by atoms with Gasteiger partial charge in [0.15, 0.2) is 0 Å². The van der Waals surface area contributed by atoms with Crippen LogP contribution in [0.25, 0.3) is 0 Å². The molecular weight excluding hydrogens is 202 g/mol. The van der Waals surface area contributed by atoms with Gasteiger partial charge >= 0.3 is 6.03 Å². The Labute approximate surface area is 98.6 Å². The largest absolute Gasteiger partial charge is 0.334 e. The first-order chi connectivity index (χ1) is 7.54. The molecule has 4 heteroatoms. The van der Waals surface area contributed by atoms with Gasteiger partial charge in [0.25, 0.3) is 0 Å². The van der Waals surface area contributed by atoms with Gasteiger partial charge in [-0.15, -0.1) is 0 Å². The van der Waals surface area contributed by atoms with E-state index in [2.05, 4.69) is 26.1 Å². The highest BCUT2D eigenvalue weighted by Gasteiger charge is 2.22. The normalized spacial score (nSPS) is 19.9. The molecule has 0 saturated carbocycles. The van der Waals surface area contributed by atoms with E-state index in [1.807, 2.05) is 4.90 Å². The molecule has 0 aromatic rings. The van der Waals surface area contributed by atoms with Crippen LogP contribution in [0.5, 0.6) is 0 Å². The van der Waals surface area contributed by atoms with Gasteiger partial charge in [-0.05, 0) is 24.7 Å². The number of nitrogens with zero attached hydrogens (tertiary/aromatic N) is 1. The van der Waals surface area contributed by atoms with Crippen LogP contribution in [0, 0.1) is 11.8 Å². The third kappa shape index (κ3) is 3.67. The first-order valence-electron chi connectivity index (χ1n) is 6.30. The van der Waals surface area contributed by atoms with Crippen molar-refractivity contribution in [2.75, 3.05) is 19.6 Å². The molecule has 0 bridgehead atoms. The molecule has 1 heterocycles. The van der Waals surface area contributed by atoms with Gasteiger partial charge in [0.1, 0.15) is 0 Å². The standard InChI is InChI=1S/C12H25N3O/c1-9(2)11(8-13)14-12(16)15-6-4-10(3)5-7-15/h9-11H,4-8,13H2,1-3H3,(H,14,16). The minimum absolute atomic E-state index is 0.0519. The van der Waals surface area contributed by atoms with Crippen LogP contribution in [0.4, 0.5) is 4.79 Å². The van der Waals surface area contributed by atoms with Gasteiger partial charge < -0.3 is 16.0 Å². The third-order valence-electron chi connectivity index (χ3n) is 3.44. The molecule has 0 aromatic heterocycles. The summed E-state index contributed by atoms with van der Waals surface area (Å²) in [6, 6.07) is 0.142. The summed E-state index contributed by atoms with van der Waals surface area (Å²) in [5, 5.41) is 3.01. The number of carbonyl (C=O) groups is 1. The Bertz CT molecular complexity index is 222. The van der Waals surface area contributed by atoms with E-state index in [1.54, 1.807) is 0 Å². The van der Waals surface area contributed by atoms with E-state index in [9.17, 15) is 4.79 Å². The maximum Gasteiger partial charge on any atom is 0.317 e. The highest BCUT2D eigenvalue weighted by molar-refractivity contribution is 5.74. The average molecular weight is 227 g/mol. The Balaban J connectivity index is 2.39. The molecular formula is C12H25N3O. The number of nitrogens with one attached hydrogen (secondary N) is 1. The molecule has 0 aliphatic carbocycles. The van der Waals surface area contributed by atoms with Crippen molar-refractivity contribution in [3.63, 3.8) is 0 Å². The molecule has 1 unspecified atom stereocenters. The molecule has 3 N–H and O–H groups in total. The number of nitrogens with two attached hydrogens (primary N) is 1. The topological polar surface area (TPSA) is 58.4 Å². The lowest BCUT2D eigenvalue weighted by atomic mass is 9.99. The SMILES string of the molecule is CC1CCN(C(=O)NC(CN)C(C)C)CC1. The fraction of sp³-hybridized carbons (Fsp3) is 0.917. The zero-order valence-electron chi connectivity index (χ0n) is 10.7. The quantitative estimate of drug-likeness (QED) is 0.766. The Hall–Kier alpha value is -0.770. The van der Waals surface area contributed by atoms with Gasteiger partial charge in [-0.25, -0.2) is 4.79 Å². The monoisotopic (exact) mass is 227 g/mol. The first kappa shape index (κ1) is 13.3. The number of hydrogen-bond donors (Lipinski definition) is 2. The van der Waals surface area contributed by atoms with E-state index in [4.69, 9.17) is 5.73 Å². The lowest BCUT2D eigenvalue weighted by molar-refractivity contribution is 0.168. The van der Waals surface area contributed by atoms with Crippen LogP contribution in [-0.2, 0) is 0 Å². The van der Waals surface area contributed by atoms with Crippen molar-refractivity contribution in [3.05, 3.63) is 0 Å². The van der Waals surface area contributed by atoms with Gasteiger partial charge in [-0.2, -0.15) is 0 Å². The Morgan fingerprint density at radius 3 is 2.44 bits per heavy atom. The molecule has 0 aromatic carbocycles. The molecule has 1 fully saturated rings. The van der Waals surface area contributed by atoms with Crippen LogP contribution in [-0.4, -0.2) is 36.6 Å². The number of likely N-dealkylation sites (tertiary alicyclic amines) is 1. The zero-order chi connectivity index (χ0) is 12.1. The van der Waals surface area contributed by atoms with Crippen molar-refractivity contribution in [1.29, 1.82) is 0 Å². The maximum atomic E-state index is 11.9. The lowest BCUT2D eigenvalue weighted by Gasteiger charge is -2.32. The number of amides is 2. The van der Waals surface area contributed by atoms with E-state index in [1.165, 1.54) is 0 Å². The van der Waals surface area contributed by atoms with Gasteiger partial charge in [0, 0.05) is 25.7 Å². The summed E-state index contributed by atoms with van der Waals surface area (Å²) >= 11 is 0. The van der Waals surface area contributed by atoms with Crippen molar-refractivity contribution >= 4 is 6.03 Å². The van der Waals surface area contributed by atoms with Gasteiger partial charge in [-0.3, -0.25) is 0 Å². The molecule has 1 saturated heterocycles. The summed E-state index contributed by atoms with van der Waals surface area (Å²) < 4.78 is 0. The maximum absolute atomic E-state index is 11.9. The van der Waals surface area contributed by atoms with Crippen molar-refractivity contribution < 1.29 is 4.79 Å². The zero-order valence-corrected chi connectivity index (χ0v) is 10.7. The number of carbonyl (C=O) groups excluding carboxylic acids is 1. The summed E-state index contributed by atoms with van der Waals surface area (Å²) in [5.74, 6) is 1.14. The smallest absolute Gasteiger partial charge is 0.317 e. The van der Waals surface area contributed by atoms with Crippen LogP contribution in [0.1, 0.15) is 33.6 Å². The van der Waals surface area contributed by atoms with Crippen molar-refractivity contribution in [1.82, 2.24) is 10.2 Å². The van der Waals surface area contributed by atoms with E-state index in [0.717, 1.165) is 31.8 Å². The molecule has 2 amide bonds. The highest BCUT2D eigenvalue weighted by Crippen LogP contribution is 2.16. The molecule has 1 aliphatic heterocycles. The summed E-state index contributed by atoms with van der Waals surface area (Å²) in [6.07, 6.45) is 2.23. The van der Waals surface area contributed by atoms with Crippen molar-refractivity contribution in [2.45, 2.75) is 39.7 Å². The van der Waals surface area contributed by atoms with Gasteiger partial charge in [0.05, 0.1) is 0 Å². The Morgan fingerprint density at radius 1 is 1.44 bits per heavy atom. The first-order valence-corrected chi connectivity index (χ1v) is 6.30. The molecule has 0 radical (unpaired) electrons. The minimum atomic E-state index is 0.0519. The molecule has 1 aliphatic rings. The van der Waals surface area contributed by atoms with Crippen molar-refractivity contribution in [2.24, 2.45) is 17.6 Å². The molecule has 1 atom stereocenters. The lowest BCUT2D eigenvalue weighted by Crippen LogP contribution is -2.51. The van der Waals surface area contributed by atoms with Crippen LogP contribution in [0.3, 0.4) is 0 Å². The fourth-order valence-electron chi connectivity index (χ4n) is 1.96. The van der Waals surface area contributed by atoms with E-state index in [-0.39, 0.29) is 12.1 Å². The van der Waals surface area contributed by atoms with E-state index in [0.29, 0.717) is 12.5 Å². The fourth-order valence-corrected chi connectivity index (χ4v) is 1.96. The predicted octanol–water partition coefficient (Wildman–Crippen LogP) is 1.41. The Kier molecular flexibility index (Phi) is 5.06. The second-order valence-corrected chi connectivity index (χ2v) is 5.21. The number of piperidine rings is 1. The summed E-state index contributed by atoms with van der Waals surface area (Å²) in [7, 11) is 0. The summed E-state index contributed by atoms with van der Waals surface area (Å²) in [5.41, 5.74) is 5.64. The summed E-state index contributed by atoms with van der Waals surface area (Å²) in [4.78, 5) is 13.8. The van der Waals surface area contributed by atoms with E-state index >= 15 is 0 Å². The second-order valence-electron chi connectivity index (χ2n) is 5.21. The Morgan fingerprint density at radius 2 is 2.00 bits per heavy atom. The molecule has 1 rings (SSSR count). The van der Waals surface area contributed by atoms with E-state index < -0.39 is 0 Å². The molecule has 0 spiro atoms. The average Bonchev–Trinajstić information content (AvgIpc) is 2.26. The van der Waals surface area contributed by atoms with Crippen LogP contribution < -0.4 is 11.1 Å². The number of hydrogen-bond acceptors (Lipinski definition) is 2. The van der Waals surface area contributed by atoms with Crippen LogP contribution in [0.15, 0.2) is 0 Å². The summed E-state index contributed by atoms with van der Waals surface area (Å²) in [6.45, 7) is 8.66. The highest BCUT2D eigenvalue weighted by atomic mass is 16.2. The van der Waals surface area contributed by atoms with Gasteiger partial charge in [0.2, 0.25) is 0 Å². The molecule has 4 nitrogen and oxygen atoms in total. The van der Waals surface area contributed by atoms with Crippen molar-refractivity contribution in [3.8, 4) is 0 Å². The van der Waals surface area contributed by atoms with Gasteiger partial charge in [-0.1, -0.05) is 20.8 Å². The molecule has 94 valence electrons. The second kappa shape index (κ2) is 6.09. The minimum Gasteiger partial charge on any atom is -0.334 e. The predicted molar refractivity (Wildman–Crippen MR) is 66.2 cm³/mol.